The van der Waals surface area contributed by atoms with Gasteiger partial charge in [-0.1, -0.05) is 30.1 Å². The van der Waals surface area contributed by atoms with Crippen LogP contribution in [0.15, 0.2) is 38.9 Å². The Kier molecular flexibility index (Phi) is 7.24. The maximum absolute atomic E-state index is 13.5. The van der Waals surface area contributed by atoms with Crippen molar-refractivity contribution in [2.45, 2.75) is 51.5 Å². The largest absolute Gasteiger partial charge is 0.493 e. The molecular weight excluding hydrogens is 591 g/mol. The molecule has 2 aliphatic rings. The third-order valence-electron chi connectivity index (χ3n) is 5.92. The molecule has 0 radical (unpaired) electrons. The molecule has 206 valence electrons. The molecule has 0 spiro atoms. The Hall–Kier alpha value is -4.02. The first-order valence-electron chi connectivity index (χ1n) is 11.9. The van der Waals surface area contributed by atoms with Crippen molar-refractivity contribution >= 4 is 39.5 Å². The highest BCUT2D eigenvalue weighted by Crippen LogP contribution is 2.37. The number of nitrogens with zero attached hydrogens (tertiary/aromatic N) is 8. The lowest BCUT2D eigenvalue weighted by atomic mass is 10.2. The van der Waals surface area contributed by atoms with E-state index in [0.29, 0.717) is 23.7 Å². The summed E-state index contributed by atoms with van der Waals surface area (Å²) in [6.45, 7) is 2.29. The number of H-pyrrole nitrogens is 1. The first kappa shape index (κ1) is 26.6. The number of nitrogens with one attached hydrogen (secondary N) is 1. The molecule has 3 aromatic heterocycles. The van der Waals surface area contributed by atoms with E-state index in [2.05, 4.69) is 51.0 Å². The van der Waals surface area contributed by atoms with E-state index >= 15 is 0 Å². The molecule has 0 fully saturated rings. The summed E-state index contributed by atoms with van der Waals surface area (Å²) in [4.78, 5) is 48.1. The Morgan fingerprint density at radius 3 is 2.79 bits per heavy atom. The van der Waals surface area contributed by atoms with Gasteiger partial charge in [0.25, 0.3) is 11.8 Å². The molecule has 3 aromatic rings. The number of hydroxylamine groups is 1. The normalized spacial score (nSPS) is 16.8. The van der Waals surface area contributed by atoms with Crippen LogP contribution in [0.5, 0.6) is 0 Å². The Bertz CT molecular complexity index is 1390. The summed E-state index contributed by atoms with van der Waals surface area (Å²) in [6, 6.07) is 3.45. The van der Waals surface area contributed by atoms with E-state index in [1.54, 1.807) is 29.4 Å². The van der Waals surface area contributed by atoms with Gasteiger partial charge in [0, 0.05) is 31.8 Å². The number of fused-ring (bicyclic) bond motifs is 2. The Balaban J connectivity index is 1.45. The Morgan fingerprint density at radius 1 is 1.26 bits per heavy atom. The van der Waals surface area contributed by atoms with E-state index < -0.39 is 24.3 Å². The van der Waals surface area contributed by atoms with E-state index in [4.69, 9.17) is 4.52 Å². The van der Waals surface area contributed by atoms with Crippen molar-refractivity contribution in [3.8, 4) is 11.5 Å². The Morgan fingerprint density at radius 2 is 2.08 bits per heavy atom. The topological polar surface area (TPSA) is 146 Å². The van der Waals surface area contributed by atoms with Crippen LogP contribution in [-0.4, -0.2) is 71.9 Å². The predicted molar refractivity (Wildman–Crippen MR) is 130 cm³/mol. The summed E-state index contributed by atoms with van der Waals surface area (Å²) < 4.78 is 44.8. The average molecular weight is 612 g/mol. The van der Waals surface area contributed by atoms with Crippen molar-refractivity contribution < 1.29 is 32.1 Å². The number of amidine groups is 1. The number of carbonyl (C=O) groups excluding carboxylic acids is 2. The van der Waals surface area contributed by atoms with Crippen LogP contribution in [0, 0.1) is 0 Å². The smallest absolute Gasteiger partial charge is 0.334 e. The summed E-state index contributed by atoms with van der Waals surface area (Å²) in [6.07, 6.45) is -0.985. The van der Waals surface area contributed by atoms with Gasteiger partial charge in [0.1, 0.15) is 11.5 Å². The molecule has 1 unspecified atom stereocenters. The molecule has 0 saturated heterocycles. The number of hydrogen-bond donors (Lipinski definition) is 1. The number of alkyl halides is 3. The van der Waals surface area contributed by atoms with Crippen LogP contribution in [0.25, 0.3) is 11.5 Å². The van der Waals surface area contributed by atoms with Gasteiger partial charge < -0.3 is 19.2 Å². The zero-order valence-corrected chi connectivity index (χ0v) is 21.9. The Labute approximate surface area is 227 Å². The molecule has 0 aliphatic carbocycles. The second kappa shape index (κ2) is 10.6. The zero-order chi connectivity index (χ0) is 27.7. The van der Waals surface area contributed by atoms with Crippen LogP contribution in [0.4, 0.5) is 19.0 Å². The van der Waals surface area contributed by atoms with Gasteiger partial charge >= 0.3 is 12.1 Å². The second-order valence-corrected chi connectivity index (χ2v) is 9.35. The fraction of sp³-hybridized carbons (Fsp3) is 0.409. The highest BCUT2D eigenvalue weighted by molar-refractivity contribution is 9.10. The number of imidazole rings is 1. The molecule has 0 bridgehead atoms. The predicted octanol–water partition coefficient (Wildman–Crippen LogP) is 3.64. The molecule has 1 N–H and O–H groups in total. The van der Waals surface area contributed by atoms with E-state index in [0.717, 1.165) is 12.8 Å². The fourth-order valence-electron chi connectivity index (χ4n) is 4.16. The highest BCUT2D eigenvalue weighted by atomic mass is 79.9. The number of carbonyl (C=O) groups is 2. The molecule has 39 heavy (non-hydrogen) atoms. The van der Waals surface area contributed by atoms with Crippen molar-refractivity contribution in [2.75, 3.05) is 11.4 Å². The van der Waals surface area contributed by atoms with E-state index in [-0.39, 0.29) is 46.6 Å². The van der Waals surface area contributed by atoms with Crippen LogP contribution in [0.1, 0.15) is 48.9 Å². The number of unbranched alkanes of at least 4 members (excludes halogenated alkanes) is 2. The number of rotatable bonds is 9. The minimum Gasteiger partial charge on any atom is -0.334 e. The van der Waals surface area contributed by atoms with Crippen LogP contribution in [-0.2, 0) is 16.1 Å². The number of hydrazone groups is 1. The minimum absolute atomic E-state index is 0.0156. The molecule has 5 heterocycles. The fourth-order valence-corrected chi connectivity index (χ4v) is 4.53. The maximum atomic E-state index is 13.5. The molecule has 1 amide bonds. The molecule has 2 aliphatic heterocycles. The first-order chi connectivity index (χ1) is 18.7. The molecule has 13 nitrogen and oxygen atoms in total. The second-order valence-electron chi connectivity index (χ2n) is 8.60. The zero-order valence-electron chi connectivity index (χ0n) is 20.4. The van der Waals surface area contributed by atoms with Gasteiger partial charge in [-0.15, -0.1) is 5.10 Å². The quantitative estimate of drug-likeness (QED) is 0.356. The summed E-state index contributed by atoms with van der Waals surface area (Å²) in [7, 11) is 0. The van der Waals surface area contributed by atoms with Gasteiger partial charge in [0.15, 0.2) is 16.4 Å². The van der Waals surface area contributed by atoms with Crippen LogP contribution >= 0.6 is 15.9 Å². The number of anilines is 1. The number of aryl methyl sites for hydroxylation is 1. The van der Waals surface area contributed by atoms with Gasteiger partial charge in [0.05, 0.1) is 5.56 Å². The van der Waals surface area contributed by atoms with Gasteiger partial charge in [-0.25, -0.2) is 14.7 Å². The number of hydrogen-bond acceptors (Lipinski definition) is 11. The van der Waals surface area contributed by atoms with Crippen molar-refractivity contribution in [1.29, 1.82) is 0 Å². The summed E-state index contributed by atoms with van der Waals surface area (Å²) >= 11 is 3.22. The first-order valence-corrected chi connectivity index (χ1v) is 12.7. The van der Waals surface area contributed by atoms with Crippen LogP contribution < -0.4 is 4.90 Å². The SMILES string of the molecule is CCCCCN1c2nc(Br)[nH]c2C(=O)N2C(CCc3noc(-c4cccnc4)n3)=NN(OC(=O)C(F)(F)F)C21. The monoisotopic (exact) mass is 611 g/mol. The maximum Gasteiger partial charge on any atom is 0.493 e. The molecule has 0 saturated carbocycles. The van der Waals surface area contributed by atoms with E-state index in [1.807, 2.05) is 6.92 Å². The number of aromatic nitrogens is 5. The number of pyridine rings is 1. The number of aromatic amines is 1. The summed E-state index contributed by atoms with van der Waals surface area (Å²) in [5.74, 6) is -2.33. The van der Waals surface area contributed by atoms with Gasteiger partial charge in [-0.05, 0) is 34.5 Å². The van der Waals surface area contributed by atoms with Gasteiger partial charge in [-0.2, -0.15) is 18.2 Å². The molecule has 0 aromatic carbocycles. The third-order valence-corrected chi connectivity index (χ3v) is 6.29. The number of halogens is 4. The molecular formula is C22H21BrF3N9O4. The van der Waals surface area contributed by atoms with E-state index in [1.165, 1.54) is 4.90 Å². The summed E-state index contributed by atoms with van der Waals surface area (Å²) in [5.41, 5.74) is 0.718. The van der Waals surface area contributed by atoms with Crippen molar-refractivity contribution in [3.63, 3.8) is 0 Å². The lowest BCUT2D eigenvalue weighted by molar-refractivity contribution is -0.249. The lowest BCUT2D eigenvalue weighted by Crippen LogP contribution is -2.60. The minimum atomic E-state index is -5.28. The van der Waals surface area contributed by atoms with Crippen molar-refractivity contribution in [3.05, 3.63) is 40.8 Å². The molecule has 5 rings (SSSR count). The average Bonchev–Trinajstić information content (AvgIpc) is 3.62. The lowest BCUT2D eigenvalue weighted by Gasteiger charge is -2.40. The van der Waals surface area contributed by atoms with Crippen LogP contribution in [0.2, 0.25) is 0 Å². The summed E-state index contributed by atoms with van der Waals surface area (Å²) in [5, 5.41) is 8.53. The van der Waals surface area contributed by atoms with Gasteiger partial charge in [0.2, 0.25) is 6.29 Å². The standard InChI is InChI=1S/C22H21BrF3N9O4/c1-2-3-4-10-33-16-15(29-20(23)30-16)18(36)34-14(31-35(21(33)34)39-19(37)22(24,25)26)8-7-13-28-17(38-32-13)12-6-5-9-27-11-12/h5-6,9,11,21H,2-4,7-8,10H2,1H3,(H,29,30). The highest BCUT2D eigenvalue weighted by Gasteiger charge is 2.52. The van der Waals surface area contributed by atoms with Gasteiger partial charge in [-0.3, -0.25) is 9.78 Å². The third kappa shape index (κ3) is 5.30. The van der Waals surface area contributed by atoms with Crippen molar-refractivity contribution in [2.24, 2.45) is 5.10 Å². The van der Waals surface area contributed by atoms with Crippen LogP contribution in [0.3, 0.4) is 0 Å². The molecule has 17 heteroatoms. The van der Waals surface area contributed by atoms with E-state index in [9.17, 15) is 22.8 Å². The number of amides is 1. The molecule has 1 atom stereocenters. The van der Waals surface area contributed by atoms with Crippen molar-refractivity contribution in [1.82, 2.24) is 35.2 Å².